The minimum atomic E-state index is -0.261. The molecule has 4 nitrogen and oxygen atoms in total. The van der Waals surface area contributed by atoms with Crippen molar-refractivity contribution < 1.29 is 14.3 Å². The molecule has 0 amide bonds. The Morgan fingerprint density at radius 2 is 2.54 bits per heavy atom. The van der Waals surface area contributed by atoms with E-state index >= 15 is 0 Å². The Kier molecular flexibility index (Phi) is 3.57. The molecule has 0 saturated carbocycles. The summed E-state index contributed by atoms with van der Waals surface area (Å²) < 4.78 is 4.83. The van der Waals surface area contributed by atoms with Crippen LogP contribution in [-0.4, -0.2) is 17.2 Å². The number of nitrogens with zero attached hydrogens (tertiary/aromatic N) is 1. The van der Waals surface area contributed by atoms with Crippen LogP contribution in [-0.2, 0) is 16.1 Å². The average Bonchev–Trinajstić information content (AvgIpc) is 2.61. The van der Waals surface area contributed by atoms with E-state index in [0.29, 0.717) is 16.3 Å². The summed E-state index contributed by atoms with van der Waals surface area (Å²) in [6.07, 6.45) is 2.54. The molecular weight excluding hydrogens is 190 g/mol. The van der Waals surface area contributed by atoms with E-state index in [-0.39, 0.29) is 12.6 Å². The maximum atomic E-state index is 10.7. The minimum absolute atomic E-state index is 0.158. The van der Waals surface area contributed by atoms with Crippen molar-refractivity contribution in [3.05, 3.63) is 16.1 Å². The highest BCUT2D eigenvalue weighted by atomic mass is 32.1. The molecule has 0 fully saturated rings. The summed E-state index contributed by atoms with van der Waals surface area (Å²) >= 11 is 1.23. The van der Waals surface area contributed by atoms with Gasteiger partial charge >= 0.3 is 5.97 Å². The molecule has 0 aliphatic heterocycles. The first-order chi connectivity index (χ1) is 6.26. The molecule has 13 heavy (non-hydrogen) atoms. The molecule has 0 radical (unpaired) electrons. The van der Waals surface area contributed by atoms with E-state index in [9.17, 15) is 9.59 Å². The second kappa shape index (κ2) is 4.71. The SMILES string of the molecule is CCC(=O)OCc1ncc(C=O)s1. The molecule has 1 aromatic rings. The van der Waals surface area contributed by atoms with E-state index in [2.05, 4.69) is 4.98 Å². The van der Waals surface area contributed by atoms with Crippen molar-refractivity contribution in [3.8, 4) is 0 Å². The van der Waals surface area contributed by atoms with Crippen LogP contribution in [0.5, 0.6) is 0 Å². The Balaban J connectivity index is 2.45. The minimum Gasteiger partial charge on any atom is -0.458 e. The van der Waals surface area contributed by atoms with Crippen molar-refractivity contribution in [2.45, 2.75) is 20.0 Å². The maximum absolute atomic E-state index is 10.7. The zero-order chi connectivity index (χ0) is 9.68. The third-order valence-corrected chi connectivity index (χ3v) is 2.23. The highest BCUT2D eigenvalue weighted by Crippen LogP contribution is 2.11. The summed E-state index contributed by atoms with van der Waals surface area (Å²) in [4.78, 5) is 25.5. The molecule has 1 aromatic heterocycles. The zero-order valence-corrected chi connectivity index (χ0v) is 7.97. The number of aromatic nitrogens is 1. The summed E-state index contributed by atoms with van der Waals surface area (Å²) in [6, 6.07) is 0. The van der Waals surface area contributed by atoms with Crippen LogP contribution in [0.1, 0.15) is 28.0 Å². The number of esters is 1. The summed E-state index contributed by atoms with van der Waals surface area (Å²) in [5.74, 6) is -0.261. The average molecular weight is 199 g/mol. The summed E-state index contributed by atoms with van der Waals surface area (Å²) in [5.41, 5.74) is 0. The molecule has 0 aliphatic rings. The van der Waals surface area contributed by atoms with Crippen LogP contribution in [0.2, 0.25) is 0 Å². The number of thiazole rings is 1. The second-order valence-corrected chi connectivity index (χ2v) is 3.44. The lowest BCUT2D eigenvalue weighted by molar-refractivity contribution is -0.144. The van der Waals surface area contributed by atoms with Crippen LogP contribution >= 0.6 is 11.3 Å². The molecule has 1 heterocycles. The first kappa shape index (κ1) is 9.85. The van der Waals surface area contributed by atoms with E-state index < -0.39 is 0 Å². The third kappa shape index (κ3) is 2.95. The maximum Gasteiger partial charge on any atom is 0.305 e. The van der Waals surface area contributed by atoms with Gasteiger partial charge in [0.05, 0.1) is 4.88 Å². The fraction of sp³-hybridized carbons (Fsp3) is 0.375. The van der Waals surface area contributed by atoms with Gasteiger partial charge in [-0.15, -0.1) is 11.3 Å². The first-order valence-electron chi connectivity index (χ1n) is 3.81. The predicted molar refractivity (Wildman–Crippen MR) is 47.6 cm³/mol. The number of aldehydes is 1. The molecule has 0 bridgehead atoms. The molecule has 0 unspecified atom stereocenters. The molecule has 1 rings (SSSR count). The molecule has 0 aromatic carbocycles. The molecule has 70 valence electrons. The van der Waals surface area contributed by atoms with Crippen LogP contribution in [0.4, 0.5) is 0 Å². The molecule has 0 N–H and O–H groups in total. The van der Waals surface area contributed by atoms with Crippen LogP contribution < -0.4 is 0 Å². The standard InChI is InChI=1S/C8H9NO3S/c1-2-8(11)12-5-7-9-3-6(4-10)13-7/h3-4H,2,5H2,1H3. The van der Waals surface area contributed by atoms with Gasteiger partial charge in [-0.3, -0.25) is 9.59 Å². The highest BCUT2D eigenvalue weighted by Gasteiger charge is 2.03. The quantitative estimate of drug-likeness (QED) is 0.543. The fourth-order valence-corrected chi connectivity index (χ4v) is 1.34. The van der Waals surface area contributed by atoms with Crippen molar-refractivity contribution >= 4 is 23.6 Å². The molecule has 0 aliphatic carbocycles. The van der Waals surface area contributed by atoms with E-state index in [1.807, 2.05) is 0 Å². The molecule has 0 atom stereocenters. The lowest BCUT2D eigenvalue weighted by Crippen LogP contribution is -2.01. The Morgan fingerprint density at radius 3 is 3.08 bits per heavy atom. The van der Waals surface area contributed by atoms with Crippen molar-refractivity contribution in [1.82, 2.24) is 4.98 Å². The van der Waals surface area contributed by atoms with Crippen molar-refractivity contribution in [1.29, 1.82) is 0 Å². The third-order valence-electron chi connectivity index (χ3n) is 1.33. The molecular formula is C8H9NO3S. The van der Waals surface area contributed by atoms with Crippen molar-refractivity contribution in [2.24, 2.45) is 0 Å². The van der Waals surface area contributed by atoms with Gasteiger partial charge in [0.2, 0.25) is 0 Å². The van der Waals surface area contributed by atoms with Crippen molar-refractivity contribution in [3.63, 3.8) is 0 Å². The lowest BCUT2D eigenvalue weighted by atomic mass is 10.5. The Labute approximate surface area is 79.6 Å². The van der Waals surface area contributed by atoms with E-state index in [0.717, 1.165) is 6.29 Å². The molecule has 0 spiro atoms. The van der Waals surface area contributed by atoms with E-state index in [4.69, 9.17) is 4.74 Å². The molecule has 0 saturated heterocycles. The first-order valence-corrected chi connectivity index (χ1v) is 4.63. The van der Waals surface area contributed by atoms with Gasteiger partial charge in [0, 0.05) is 12.6 Å². The number of rotatable bonds is 4. The number of hydrogen-bond donors (Lipinski definition) is 0. The van der Waals surface area contributed by atoms with E-state index in [1.165, 1.54) is 17.5 Å². The van der Waals surface area contributed by atoms with Crippen LogP contribution in [0.25, 0.3) is 0 Å². The highest BCUT2D eigenvalue weighted by molar-refractivity contribution is 7.13. The number of ether oxygens (including phenoxy) is 1. The van der Waals surface area contributed by atoms with Crippen LogP contribution in [0.3, 0.4) is 0 Å². The normalized spacial score (nSPS) is 9.62. The van der Waals surface area contributed by atoms with Gasteiger partial charge < -0.3 is 4.74 Å². The van der Waals surface area contributed by atoms with E-state index in [1.54, 1.807) is 6.92 Å². The van der Waals surface area contributed by atoms with Gasteiger partial charge in [0.15, 0.2) is 6.29 Å². The van der Waals surface area contributed by atoms with Crippen LogP contribution in [0, 0.1) is 0 Å². The zero-order valence-electron chi connectivity index (χ0n) is 7.15. The van der Waals surface area contributed by atoms with Gasteiger partial charge in [-0.05, 0) is 0 Å². The van der Waals surface area contributed by atoms with Gasteiger partial charge in [0.25, 0.3) is 0 Å². The molecule has 5 heteroatoms. The summed E-state index contributed by atoms with van der Waals surface area (Å²) in [6.45, 7) is 1.88. The number of hydrogen-bond acceptors (Lipinski definition) is 5. The van der Waals surface area contributed by atoms with Gasteiger partial charge in [-0.2, -0.15) is 0 Å². The topological polar surface area (TPSA) is 56.3 Å². The monoisotopic (exact) mass is 199 g/mol. The summed E-state index contributed by atoms with van der Waals surface area (Å²) in [7, 11) is 0. The largest absolute Gasteiger partial charge is 0.458 e. The van der Waals surface area contributed by atoms with Gasteiger partial charge in [0.1, 0.15) is 11.6 Å². The van der Waals surface area contributed by atoms with Crippen molar-refractivity contribution in [2.75, 3.05) is 0 Å². The Hall–Kier alpha value is -1.23. The van der Waals surface area contributed by atoms with Gasteiger partial charge in [-0.1, -0.05) is 6.92 Å². The number of carbonyl (C=O) groups is 2. The Bertz CT molecular complexity index is 308. The number of carbonyl (C=O) groups excluding carboxylic acids is 2. The summed E-state index contributed by atoms with van der Waals surface area (Å²) in [5, 5.41) is 0.643. The second-order valence-electron chi connectivity index (χ2n) is 2.29. The smallest absolute Gasteiger partial charge is 0.305 e. The Morgan fingerprint density at radius 1 is 1.77 bits per heavy atom. The fourth-order valence-electron chi connectivity index (χ4n) is 0.690. The lowest BCUT2D eigenvalue weighted by Gasteiger charge is -1.98. The van der Waals surface area contributed by atoms with Crippen LogP contribution in [0.15, 0.2) is 6.20 Å². The predicted octanol–water partition coefficient (Wildman–Crippen LogP) is 1.41. The van der Waals surface area contributed by atoms with Gasteiger partial charge in [-0.25, -0.2) is 4.98 Å².